The average Bonchev–Trinajstić information content (AvgIpc) is 3.77. The topological polar surface area (TPSA) is 38.6 Å². The van der Waals surface area contributed by atoms with Crippen LogP contribution in [0.4, 0.5) is 0 Å². The van der Waals surface area contributed by atoms with Gasteiger partial charge in [-0.05, 0) is 72.8 Å². The van der Waals surface area contributed by atoms with Crippen molar-refractivity contribution in [3.8, 4) is 23.1 Å². The summed E-state index contributed by atoms with van der Waals surface area (Å²) in [6, 6.07) is 58.2. The Morgan fingerprint density at radius 1 is 0.362 bits per heavy atom. The summed E-state index contributed by atoms with van der Waals surface area (Å²) in [6.07, 6.45) is 0. The fourth-order valence-corrected chi connectivity index (χ4v) is 7.78. The Hall–Kier alpha value is -6.57. The van der Waals surface area contributed by atoms with Crippen molar-refractivity contribution in [1.29, 1.82) is 5.26 Å². The van der Waals surface area contributed by atoms with E-state index in [0.717, 1.165) is 49.9 Å². The molecular formula is C43H26N4. The largest absolute Gasteiger partial charge is 0.309 e. The van der Waals surface area contributed by atoms with Gasteiger partial charge in [-0.25, -0.2) is 0 Å². The number of hydrogen-bond acceptors (Lipinski definition) is 1. The van der Waals surface area contributed by atoms with E-state index in [1.54, 1.807) is 0 Å². The Morgan fingerprint density at radius 3 is 1.66 bits per heavy atom. The maximum absolute atomic E-state index is 10.2. The van der Waals surface area contributed by atoms with Crippen LogP contribution in [-0.4, -0.2) is 13.7 Å². The van der Waals surface area contributed by atoms with Crippen LogP contribution in [-0.2, 0) is 0 Å². The summed E-state index contributed by atoms with van der Waals surface area (Å²) < 4.78 is 7.09. The first-order valence-electron chi connectivity index (χ1n) is 15.9. The lowest BCUT2D eigenvalue weighted by atomic mass is 10.0. The number of nitriles is 1. The van der Waals surface area contributed by atoms with Crippen molar-refractivity contribution in [2.75, 3.05) is 0 Å². The lowest BCUT2D eigenvalue weighted by Crippen LogP contribution is -1.96. The van der Waals surface area contributed by atoms with Crippen LogP contribution in [0.15, 0.2) is 158 Å². The molecule has 0 atom stereocenters. The summed E-state index contributed by atoms with van der Waals surface area (Å²) in [5, 5.41) is 17.0. The molecule has 3 aromatic heterocycles. The van der Waals surface area contributed by atoms with Gasteiger partial charge in [0.1, 0.15) is 0 Å². The number of para-hydroxylation sites is 4. The van der Waals surface area contributed by atoms with Crippen LogP contribution in [0.5, 0.6) is 0 Å². The zero-order valence-electron chi connectivity index (χ0n) is 25.3. The summed E-state index contributed by atoms with van der Waals surface area (Å²) in [6.45, 7) is 0. The molecule has 10 rings (SSSR count). The van der Waals surface area contributed by atoms with Gasteiger partial charge in [0.05, 0.1) is 44.7 Å². The molecular weight excluding hydrogens is 573 g/mol. The van der Waals surface area contributed by atoms with Crippen molar-refractivity contribution in [2.24, 2.45) is 0 Å². The third kappa shape index (κ3) is 3.51. The second-order valence-corrected chi connectivity index (χ2v) is 12.1. The Bertz CT molecular complexity index is 2900. The minimum Gasteiger partial charge on any atom is -0.309 e. The van der Waals surface area contributed by atoms with Crippen molar-refractivity contribution >= 4 is 65.4 Å². The summed E-state index contributed by atoms with van der Waals surface area (Å²) in [5.41, 5.74) is 10.8. The smallest absolute Gasteiger partial charge is 0.0998 e. The van der Waals surface area contributed by atoms with Gasteiger partial charge in [0.2, 0.25) is 0 Å². The molecule has 0 saturated heterocycles. The predicted octanol–water partition coefficient (Wildman–Crippen LogP) is 10.8. The molecule has 3 heterocycles. The quantitative estimate of drug-likeness (QED) is 0.199. The van der Waals surface area contributed by atoms with Crippen LogP contribution in [0.1, 0.15) is 5.56 Å². The normalized spacial score (nSPS) is 11.8. The molecule has 0 aliphatic heterocycles. The Kier molecular flexibility index (Phi) is 5.32. The Labute approximate surface area is 270 Å². The molecule has 0 saturated carbocycles. The van der Waals surface area contributed by atoms with Gasteiger partial charge in [-0.2, -0.15) is 5.26 Å². The second kappa shape index (κ2) is 9.71. The van der Waals surface area contributed by atoms with E-state index in [0.29, 0.717) is 5.56 Å². The first kappa shape index (κ1) is 25.7. The molecule has 0 radical (unpaired) electrons. The minimum atomic E-state index is 0.686. The van der Waals surface area contributed by atoms with Gasteiger partial charge in [-0.3, -0.25) is 0 Å². The molecule has 47 heavy (non-hydrogen) atoms. The fourth-order valence-electron chi connectivity index (χ4n) is 7.78. The zero-order chi connectivity index (χ0) is 31.1. The van der Waals surface area contributed by atoms with Gasteiger partial charge in [-0.1, -0.05) is 84.9 Å². The molecule has 0 amide bonds. The zero-order valence-corrected chi connectivity index (χ0v) is 25.3. The monoisotopic (exact) mass is 598 g/mol. The highest BCUT2D eigenvalue weighted by molar-refractivity contribution is 6.27. The van der Waals surface area contributed by atoms with E-state index < -0.39 is 0 Å². The van der Waals surface area contributed by atoms with E-state index in [-0.39, 0.29) is 0 Å². The average molecular weight is 599 g/mol. The molecule has 0 unspecified atom stereocenters. The van der Waals surface area contributed by atoms with Crippen LogP contribution in [0.25, 0.3) is 82.5 Å². The van der Waals surface area contributed by atoms with Crippen LogP contribution < -0.4 is 0 Å². The van der Waals surface area contributed by atoms with Gasteiger partial charge in [0.15, 0.2) is 0 Å². The number of nitrogens with zero attached hydrogens (tertiary/aromatic N) is 4. The lowest BCUT2D eigenvalue weighted by molar-refractivity contribution is 1.16. The summed E-state index contributed by atoms with van der Waals surface area (Å²) >= 11 is 0. The molecule has 0 N–H and O–H groups in total. The second-order valence-electron chi connectivity index (χ2n) is 12.1. The van der Waals surface area contributed by atoms with Crippen LogP contribution in [0.2, 0.25) is 0 Å². The molecule has 0 aliphatic carbocycles. The summed E-state index contributed by atoms with van der Waals surface area (Å²) in [4.78, 5) is 0. The fraction of sp³-hybridized carbons (Fsp3) is 0. The van der Waals surface area contributed by atoms with E-state index in [1.165, 1.54) is 32.6 Å². The van der Waals surface area contributed by atoms with Crippen LogP contribution >= 0.6 is 0 Å². The van der Waals surface area contributed by atoms with Crippen molar-refractivity contribution in [1.82, 2.24) is 13.7 Å². The number of hydrogen-bond donors (Lipinski definition) is 0. The highest BCUT2D eigenvalue weighted by atomic mass is 15.0. The Balaban J connectivity index is 1.35. The standard InChI is InChI=1S/C43H26N4/c44-27-28-12-11-21-39-41(28)34-23-25-40-42(43(34)47(39)30-15-5-2-6-16-30)33-18-8-10-20-37(33)46(40)31-22-24-38-35(26-31)32-17-7-9-19-36(32)45(38)29-13-3-1-4-14-29/h1-26H. The van der Waals surface area contributed by atoms with E-state index in [2.05, 4.69) is 159 Å². The molecule has 218 valence electrons. The number of rotatable bonds is 3. The van der Waals surface area contributed by atoms with Gasteiger partial charge in [-0.15, -0.1) is 0 Å². The van der Waals surface area contributed by atoms with Crippen molar-refractivity contribution in [3.05, 3.63) is 163 Å². The number of aromatic nitrogens is 3. The summed E-state index contributed by atoms with van der Waals surface area (Å²) in [5.74, 6) is 0. The maximum atomic E-state index is 10.2. The van der Waals surface area contributed by atoms with E-state index >= 15 is 0 Å². The minimum absolute atomic E-state index is 0.686. The third-order valence-corrected chi connectivity index (χ3v) is 9.65. The van der Waals surface area contributed by atoms with Crippen molar-refractivity contribution in [2.45, 2.75) is 0 Å². The summed E-state index contributed by atoms with van der Waals surface area (Å²) in [7, 11) is 0. The Morgan fingerprint density at radius 2 is 0.915 bits per heavy atom. The number of fused-ring (bicyclic) bond motifs is 10. The van der Waals surface area contributed by atoms with Gasteiger partial charge in [0, 0.05) is 49.4 Å². The van der Waals surface area contributed by atoms with E-state index in [1.807, 2.05) is 18.2 Å². The molecule has 0 spiro atoms. The molecule has 4 heteroatoms. The molecule has 7 aromatic carbocycles. The maximum Gasteiger partial charge on any atom is 0.0998 e. The first-order chi connectivity index (χ1) is 23.3. The lowest BCUT2D eigenvalue weighted by Gasteiger charge is -2.11. The molecule has 10 aromatic rings. The first-order valence-corrected chi connectivity index (χ1v) is 15.9. The van der Waals surface area contributed by atoms with Crippen LogP contribution in [0.3, 0.4) is 0 Å². The molecule has 0 aliphatic rings. The molecule has 4 nitrogen and oxygen atoms in total. The predicted molar refractivity (Wildman–Crippen MR) is 194 cm³/mol. The third-order valence-electron chi connectivity index (χ3n) is 9.65. The van der Waals surface area contributed by atoms with Crippen LogP contribution in [0, 0.1) is 11.3 Å². The van der Waals surface area contributed by atoms with Crippen molar-refractivity contribution in [3.63, 3.8) is 0 Å². The highest BCUT2D eigenvalue weighted by Crippen LogP contribution is 2.43. The SMILES string of the molecule is N#Cc1cccc2c1c1ccc3c(c4ccccc4n3-c3ccc4c(c3)c3ccccc3n4-c3ccccc3)c1n2-c1ccccc1. The molecule has 0 fully saturated rings. The van der Waals surface area contributed by atoms with Gasteiger partial charge < -0.3 is 13.7 Å². The van der Waals surface area contributed by atoms with E-state index in [4.69, 9.17) is 0 Å². The van der Waals surface area contributed by atoms with Gasteiger partial charge in [0.25, 0.3) is 0 Å². The van der Waals surface area contributed by atoms with E-state index in [9.17, 15) is 5.26 Å². The van der Waals surface area contributed by atoms with Gasteiger partial charge >= 0.3 is 0 Å². The number of benzene rings is 7. The highest BCUT2D eigenvalue weighted by Gasteiger charge is 2.22. The molecule has 0 bridgehead atoms. The van der Waals surface area contributed by atoms with Crippen molar-refractivity contribution < 1.29 is 0 Å².